The zero-order chi connectivity index (χ0) is 24.3. The summed E-state index contributed by atoms with van der Waals surface area (Å²) in [5.41, 5.74) is 2.16. The van der Waals surface area contributed by atoms with Crippen molar-refractivity contribution in [1.82, 2.24) is 4.90 Å². The summed E-state index contributed by atoms with van der Waals surface area (Å²) in [5.74, 6) is 1.64. The van der Waals surface area contributed by atoms with Crippen LogP contribution in [0.2, 0.25) is 0 Å². The third-order valence-electron chi connectivity index (χ3n) is 7.38. The second kappa shape index (κ2) is 10.2. The van der Waals surface area contributed by atoms with Crippen LogP contribution in [0, 0.1) is 12.8 Å². The lowest BCUT2D eigenvalue weighted by Gasteiger charge is -2.52. The number of nitrogens with one attached hydrogen (secondary N) is 1. The zero-order valence-electron chi connectivity index (χ0n) is 20.6. The number of amides is 1. The molecule has 0 spiro atoms. The normalized spacial score (nSPS) is 24.7. The van der Waals surface area contributed by atoms with Gasteiger partial charge in [0.1, 0.15) is 0 Å². The number of fused-ring (bicyclic) bond motifs is 1. The van der Waals surface area contributed by atoms with Crippen LogP contribution in [-0.2, 0) is 4.79 Å². The number of piperidine rings is 1. The number of carbonyl (C=O) groups is 1. The molecule has 7 heteroatoms. The number of methoxy groups -OCH3 is 3. The van der Waals surface area contributed by atoms with E-state index in [-0.39, 0.29) is 24.4 Å². The molecule has 2 aromatic carbocycles. The molecule has 0 unspecified atom stereocenters. The topological polar surface area (TPSA) is 80.3 Å². The SMILES string of the molecule is COc1cc([C@@H]2[C@H]3CCCC[C@]3(O)CCN2CC(=O)Nc2ccc(C)cc2)cc(OC)c1OC. The Labute approximate surface area is 202 Å². The van der Waals surface area contributed by atoms with E-state index >= 15 is 0 Å². The van der Waals surface area contributed by atoms with E-state index in [0.717, 1.165) is 42.5 Å². The number of ether oxygens (including phenoxy) is 3. The first kappa shape index (κ1) is 24.4. The van der Waals surface area contributed by atoms with Crippen LogP contribution in [0.5, 0.6) is 17.2 Å². The molecule has 4 rings (SSSR count). The van der Waals surface area contributed by atoms with E-state index in [1.807, 2.05) is 43.3 Å². The number of carbonyl (C=O) groups excluding carboxylic acids is 1. The number of likely N-dealkylation sites (tertiary alicyclic amines) is 1. The van der Waals surface area contributed by atoms with E-state index in [0.29, 0.717) is 30.2 Å². The van der Waals surface area contributed by atoms with Crippen molar-refractivity contribution in [2.75, 3.05) is 39.7 Å². The van der Waals surface area contributed by atoms with E-state index in [4.69, 9.17) is 14.2 Å². The minimum Gasteiger partial charge on any atom is -0.493 e. The third-order valence-corrected chi connectivity index (χ3v) is 7.38. The molecule has 7 nitrogen and oxygen atoms in total. The maximum Gasteiger partial charge on any atom is 0.238 e. The van der Waals surface area contributed by atoms with Crippen LogP contribution >= 0.6 is 0 Å². The molecule has 2 aromatic rings. The molecule has 1 amide bonds. The summed E-state index contributed by atoms with van der Waals surface area (Å²) < 4.78 is 16.7. The number of hydrogen-bond donors (Lipinski definition) is 2. The molecule has 2 aliphatic rings. The van der Waals surface area contributed by atoms with Crippen LogP contribution in [0.4, 0.5) is 5.69 Å². The van der Waals surface area contributed by atoms with E-state index in [2.05, 4.69) is 10.2 Å². The summed E-state index contributed by atoms with van der Waals surface area (Å²) in [4.78, 5) is 15.2. The molecule has 3 atom stereocenters. The fourth-order valence-electron chi connectivity index (χ4n) is 5.66. The number of hydrogen-bond acceptors (Lipinski definition) is 6. The Morgan fingerprint density at radius 2 is 1.74 bits per heavy atom. The molecular formula is C27H36N2O5. The highest BCUT2D eigenvalue weighted by atomic mass is 16.5. The molecule has 1 heterocycles. The Morgan fingerprint density at radius 3 is 2.35 bits per heavy atom. The predicted molar refractivity (Wildman–Crippen MR) is 132 cm³/mol. The van der Waals surface area contributed by atoms with Gasteiger partial charge in [0.05, 0.1) is 33.5 Å². The standard InChI is InChI=1S/C27H36N2O5/c1-18-8-10-20(11-9-18)28-24(30)17-29-14-13-27(31)12-6-5-7-21(27)25(29)19-15-22(32-2)26(34-4)23(16-19)33-3/h8-11,15-16,21,25,31H,5-7,12-14,17H2,1-4H3,(H,28,30)/t21-,25-,27+/m1/s1. The lowest BCUT2D eigenvalue weighted by molar-refractivity contribution is -0.135. The van der Waals surface area contributed by atoms with Crippen molar-refractivity contribution < 1.29 is 24.1 Å². The summed E-state index contributed by atoms with van der Waals surface area (Å²) in [7, 11) is 4.79. The highest BCUT2D eigenvalue weighted by Gasteiger charge is 2.49. The van der Waals surface area contributed by atoms with Crippen LogP contribution < -0.4 is 19.5 Å². The first-order valence-corrected chi connectivity index (χ1v) is 12.0. The molecular weight excluding hydrogens is 432 g/mol. The van der Waals surface area contributed by atoms with Crippen molar-refractivity contribution in [3.8, 4) is 17.2 Å². The van der Waals surface area contributed by atoms with Crippen LogP contribution in [-0.4, -0.2) is 55.9 Å². The lowest BCUT2D eigenvalue weighted by Crippen LogP contribution is -2.56. The van der Waals surface area contributed by atoms with Crippen molar-refractivity contribution in [3.63, 3.8) is 0 Å². The molecule has 1 saturated heterocycles. The van der Waals surface area contributed by atoms with Gasteiger partial charge in [0.2, 0.25) is 11.7 Å². The van der Waals surface area contributed by atoms with Gasteiger partial charge in [-0.15, -0.1) is 0 Å². The van der Waals surface area contributed by atoms with Crippen LogP contribution in [0.1, 0.15) is 49.3 Å². The average Bonchev–Trinajstić information content (AvgIpc) is 2.84. The van der Waals surface area contributed by atoms with Crippen LogP contribution in [0.25, 0.3) is 0 Å². The predicted octanol–water partition coefficient (Wildman–Crippen LogP) is 4.33. The molecule has 34 heavy (non-hydrogen) atoms. The minimum atomic E-state index is -0.729. The smallest absolute Gasteiger partial charge is 0.238 e. The fraction of sp³-hybridized carbons (Fsp3) is 0.519. The molecule has 1 aliphatic carbocycles. The molecule has 0 radical (unpaired) electrons. The summed E-state index contributed by atoms with van der Waals surface area (Å²) in [6, 6.07) is 11.6. The van der Waals surface area contributed by atoms with Crippen molar-refractivity contribution in [3.05, 3.63) is 47.5 Å². The Kier molecular flexibility index (Phi) is 7.33. The number of nitrogens with zero attached hydrogens (tertiary/aromatic N) is 1. The van der Waals surface area contributed by atoms with E-state index in [1.54, 1.807) is 21.3 Å². The highest BCUT2D eigenvalue weighted by Crippen LogP contribution is 2.51. The van der Waals surface area contributed by atoms with Gasteiger partial charge in [-0.25, -0.2) is 0 Å². The Balaban J connectivity index is 1.67. The Morgan fingerprint density at radius 1 is 1.06 bits per heavy atom. The zero-order valence-corrected chi connectivity index (χ0v) is 20.6. The average molecular weight is 469 g/mol. The van der Waals surface area contributed by atoms with Crippen molar-refractivity contribution in [2.45, 2.75) is 50.7 Å². The van der Waals surface area contributed by atoms with Gasteiger partial charge in [-0.05, 0) is 56.0 Å². The molecule has 0 bridgehead atoms. The van der Waals surface area contributed by atoms with Gasteiger partial charge in [-0.1, -0.05) is 30.5 Å². The minimum absolute atomic E-state index is 0.0185. The molecule has 1 aliphatic heterocycles. The van der Waals surface area contributed by atoms with Gasteiger partial charge in [0.25, 0.3) is 0 Å². The molecule has 184 valence electrons. The van der Waals surface area contributed by atoms with Gasteiger partial charge in [0.15, 0.2) is 11.5 Å². The fourth-order valence-corrected chi connectivity index (χ4v) is 5.66. The van der Waals surface area contributed by atoms with E-state index in [1.165, 1.54) is 0 Å². The van der Waals surface area contributed by atoms with Gasteiger partial charge in [-0.3, -0.25) is 9.69 Å². The summed E-state index contributed by atoms with van der Waals surface area (Å²) in [6.45, 7) is 2.89. The van der Waals surface area contributed by atoms with E-state index < -0.39 is 5.60 Å². The number of aryl methyl sites for hydroxylation is 1. The first-order valence-electron chi connectivity index (χ1n) is 12.0. The van der Waals surface area contributed by atoms with Crippen molar-refractivity contribution in [1.29, 1.82) is 0 Å². The summed E-state index contributed by atoms with van der Waals surface area (Å²) >= 11 is 0. The van der Waals surface area contributed by atoms with Gasteiger partial charge >= 0.3 is 0 Å². The first-order chi connectivity index (χ1) is 16.4. The number of rotatable bonds is 7. The monoisotopic (exact) mass is 468 g/mol. The third kappa shape index (κ3) is 4.86. The molecule has 1 saturated carbocycles. The maximum atomic E-state index is 13.0. The number of anilines is 1. The Hall–Kier alpha value is -2.77. The number of benzene rings is 2. The second-order valence-electron chi connectivity index (χ2n) is 9.49. The molecule has 0 aromatic heterocycles. The largest absolute Gasteiger partial charge is 0.493 e. The summed E-state index contributed by atoms with van der Waals surface area (Å²) in [5, 5.41) is 14.6. The maximum absolute atomic E-state index is 13.0. The summed E-state index contributed by atoms with van der Waals surface area (Å²) in [6.07, 6.45) is 4.46. The van der Waals surface area contributed by atoms with Crippen molar-refractivity contribution in [2.24, 2.45) is 5.92 Å². The number of aliphatic hydroxyl groups is 1. The van der Waals surface area contributed by atoms with Gasteiger partial charge in [0, 0.05) is 24.2 Å². The quantitative estimate of drug-likeness (QED) is 0.630. The highest BCUT2D eigenvalue weighted by molar-refractivity contribution is 5.92. The lowest BCUT2D eigenvalue weighted by atomic mass is 9.66. The van der Waals surface area contributed by atoms with Gasteiger partial charge in [-0.2, -0.15) is 0 Å². The van der Waals surface area contributed by atoms with Crippen LogP contribution in [0.15, 0.2) is 36.4 Å². The molecule has 2 fully saturated rings. The van der Waals surface area contributed by atoms with Gasteiger partial charge < -0.3 is 24.6 Å². The Bertz CT molecular complexity index is 984. The van der Waals surface area contributed by atoms with Crippen molar-refractivity contribution >= 4 is 11.6 Å². The molecule has 2 N–H and O–H groups in total. The van der Waals surface area contributed by atoms with E-state index in [9.17, 15) is 9.90 Å². The second-order valence-corrected chi connectivity index (χ2v) is 9.49. The van der Waals surface area contributed by atoms with Crippen LogP contribution in [0.3, 0.4) is 0 Å².